The number of aromatic nitrogens is 2. The van der Waals surface area contributed by atoms with Crippen LogP contribution >= 0.6 is 23.2 Å². The first-order chi connectivity index (χ1) is 11.5. The highest BCUT2D eigenvalue weighted by atomic mass is 35.5. The maximum Gasteiger partial charge on any atom is 0.340 e. The van der Waals surface area contributed by atoms with Gasteiger partial charge in [0.15, 0.2) is 0 Å². The lowest BCUT2D eigenvalue weighted by Crippen LogP contribution is -2.27. The molecule has 1 atom stereocenters. The summed E-state index contributed by atoms with van der Waals surface area (Å²) >= 11 is 12.7. The van der Waals surface area contributed by atoms with E-state index < -0.39 is 11.9 Å². The van der Waals surface area contributed by atoms with E-state index >= 15 is 0 Å². The number of hydrogen-bond donors (Lipinski definition) is 2. The Balaban J connectivity index is 2.28. The average molecular weight is 368 g/mol. The topological polar surface area (TPSA) is 90.2 Å². The number of ether oxygens (including phenoxy) is 2. The zero-order chi connectivity index (χ0) is 17.4. The Hall–Kier alpha value is -2.18. The van der Waals surface area contributed by atoms with Gasteiger partial charge in [-0.15, -0.1) is 5.10 Å². The lowest BCUT2D eigenvalue weighted by molar-refractivity contribution is -0.139. The normalized spacial score (nSPS) is 16.6. The molecular weight excluding hydrogens is 353 g/mol. The molecule has 0 fully saturated rings. The van der Waals surface area contributed by atoms with Crippen LogP contribution in [0, 0.1) is 6.92 Å². The van der Waals surface area contributed by atoms with Crippen molar-refractivity contribution >= 4 is 29.2 Å². The number of esters is 1. The molecule has 1 aliphatic rings. The number of halogens is 2. The van der Waals surface area contributed by atoms with Gasteiger partial charge in [-0.2, -0.15) is 0 Å². The maximum atomic E-state index is 12.5. The number of carbonyl (C=O) groups excluding carboxylic acids is 1. The number of aromatic amines is 1. The molecule has 0 spiro atoms. The standard InChI is InChI=1S/C16H15Cl2N3O3/c1-3-23-16(22)13-12(11-8(17)5-4-6-9(11)18)10-7(2)20-21-15(10)24-14(13)19/h4-6,12H,3,19H2,1-2H3,(H,20,21)/t12-/m1/s1. The van der Waals surface area contributed by atoms with Gasteiger partial charge in [-0.1, -0.05) is 29.3 Å². The van der Waals surface area contributed by atoms with Crippen LogP contribution in [0.4, 0.5) is 0 Å². The lowest BCUT2D eigenvalue weighted by Gasteiger charge is -2.27. The number of aryl methyl sites for hydroxylation is 1. The van der Waals surface area contributed by atoms with E-state index in [-0.39, 0.29) is 18.1 Å². The molecular formula is C16H15Cl2N3O3. The average Bonchev–Trinajstić information content (AvgIpc) is 2.87. The van der Waals surface area contributed by atoms with E-state index in [1.54, 1.807) is 25.1 Å². The van der Waals surface area contributed by atoms with Crippen molar-refractivity contribution in [3.05, 3.63) is 56.5 Å². The molecule has 1 aliphatic heterocycles. The van der Waals surface area contributed by atoms with Crippen molar-refractivity contribution in [2.75, 3.05) is 6.61 Å². The van der Waals surface area contributed by atoms with Gasteiger partial charge >= 0.3 is 5.97 Å². The van der Waals surface area contributed by atoms with Crippen LogP contribution in [-0.4, -0.2) is 22.8 Å². The highest BCUT2D eigenvalue weighted by Gasteiger charge is 2.40. The summed E-state index contributed by atoms with van der Waals surface area (Å²) in [6.45, 7) is 3.73. The molecule has 1 aromatic carbocycles. The van der Waals surface area contributed by atoms with Gasteiger partial charge in [-0.3, -0.25) is 5.10 Å². The zero-order valence-electron chi connectivity index (χ0n) is 13.0. The highest BCUT2D eigenvalue weighted by Crippen LogP contribution is 2.47. The van der Waals surface area contributed by atoms with Crippen LogP contribution in [-0.2, 0) is 9.53 Å². The molecule has 2 aromatic rings. The molecule has 0 radical (unpaired) electrons. The second kappa shape index (κ2) is 6.37. The summed E-state index contributed by atoms with van der Waals surface area (Å²) < 4.78 is 10.6. The minimum Gasteiger partial charge on any atom is -0.462 e. The molecule has 0 aliphatic carbocycles. The Morgan fingerprint density at radius 3 is 2.67 bits per heavy atom. The van der Waals surface area contributed by atoms with Gasteiger partial charge in [0.25, 0.3) is 0 Å². The molecule has 8 heteroatoms. The predicted octanol–water partition coefficient (Wildman–Crippen LogP) is 3.28. The van der Waals surface area contributed by atoms with Crippen LogP contribution in [0.5, 0.6) is 5.88 Å². The molecule has 3 rings (SSSR count). The van der Waals surface area contributed by atoms with E-state index in [1.807, 2.05) is 6.92 Å². The van der Waals surface area contributed by atoms with Crippen molar-refractivity contribution in [3.8, 4) is 5.88 Å². The molecule has 24 heavy (non-hydrogen) atoms. The van der Waals surface area contributed by atoms with Crippen LogP contribution in [0.2, 0.25) is 10.0 Å². The number of nitrogens with zero attached hydrogens (tertiary/aromatic N) is 1. The van der Waals surface area contributed by atoms with Crippen molar-refractivity contribution in [1.82, 2.24) is 10.2 Å². The maximum absolute atomic E-state index is 12.5. The van der Waals surface area contributed by atoms with Gasteiger partial charge in [0.05, 0.1) is 12.5 Å². The van der Waals surface area contributed by atoms with Crippen molar-refractivity contribution in [2.45, 2.75) is 19.8 Å². The molecule has 6 nitrogen and oxygen atoms in total. The van der Waals surface area contributed by atoms with E-state index in [0.29, 0.717) is 27.1 Å². The van der Waals surface area contributed by atoms with Crippen molar-refractivity contribution in [1.29, 1.82) is 0 Å². The third kappa shape index (κ3) is 2.61. The second-order valence-corrected chi connectivity index (χ2v) is 6.05. The van der Waals surface area contributed by atoms with Crippen LogP contribution in [0.1, 0.15) is 29.7 Å². The van der Waals surface area contributed by atoms with E-state index in [9.17, 15) is 4.79 Å². The first-order valence-electron chi connectivity index (χ1n) is 7.29. The van der Waals surface area contributed by atoms with Crippen molar-refractivity contribution < 1.29 is 14.3 Å². The molecule has 1 aromatic heterocycles. The smallest absolute Gasteiger partial charge is 0.340 e. The van der Waals surface area contributed by atoms with Crippen molar-refractivity contribution in [2.24, 2.45) is 5.73 Å². The number of benzene rings is 1. The monoisotopic (exact) mass is 367 g/mol. The van der Waals surface area contributed by atoms with Crippen LogP contribution < -0.4 is 10.5 Å². The fourth-order valence-corrected chi connectivity index (χ4v) is 3.40. The Morgan fingerprint density at radius 2 is 2.04 bits per heavy atom. The summed E-state index contributed by atoms with van der Waals surface area (Å²) in [7, 11) is 0. The summed E-state index contributed by atoms with van der Waals surface area (Å²) in [5, 5.41) is 7.74. The molecule has 0 bridgehead atoms. The fourth-order valence-electron chi connectivity index (χ4n) is 2.78. The Labute approximate surface area is 148 Å². The Morgan fingerprint density at radius 1 is 1.38 bits per heavy atom. The molecule has 0 saturated heterocycles. The van der Waals surface area contributed by atoms with Crippen LogP contribution in [0.3, 0.4) is 0 Å². The van der Waals surface area contributed by atoms with E-state index in [1.165, 1.54) is 0 Å². The molecule has 126 valence electrons. The van der Waals surface area contributed by atoms with Gasteiger partial charge in [0, 0.05) is 26.9 Å². The number of rotatable bonds is 3. The molecule has 0 saturated carbocycles. The number of H-pyrrole nitrogens is 1. The quantitative estimate of drug-likeness (QED) is 0.812. The molecule has 2 heterocycles. The minimum absolute atomic E-state index is 0.0755. The minimum atomic E-state index is -0.632. The van der Waals surface area contributed by atoms with Gasteiger partial charge in [0.1, 0.15) is 5.57 Å². The van der Waals surface area contributed by atoms with Gasteiger partial charge < -0.3 is 15.2 Å². The number of fused-ring (bicyclic) bond motifs is 1. The molecule has 0 unspecified atom stereocenters. The second-order valence-electron chi connectivity index (χ2n) is 5.24. The zero-order valence-corrected chi connectivity index (χ0v) is 14.5. The first-order valence-corrected chi connectivity index (χ1v) is 8.04. The number of nitrogens with one attached hydrogen (secondary N) is 1. The highest BCUT2D eigenvalue weighted by molar-refractivity contribution is 6.36. The fraction of sp³-hybridized carbons (Fsp3) is 0.250. The summed E-state index contributed by atoms with van der Waals surface area (Å²) in [6.07, 6.45) is 0. The Bertz CT molecular complexity index is 825. The predicted molar refractivity (Wildman–Crippen MR) is 90.1 cm³/mol. The summed E-state index contributed by atoms with van der Waals surface area (Å²) in [4.78, 5) is 12.5. The molecule has 3 N–H and O–H groups in total. The summed E-state index contributed by atoms with van der Waals surface area (Å²) in [5.41, 5.74) is 8.07. The number of nitrogens with two attached hydrogens (primary N) is 1. The molecule has 0 amide bonds. The first kappa shape index (κ1) is 16.7. The van der Waals surface area contributed by atoms with Gasteiger partial charge in [0.2, 0.25) is 11.8 Å². The third-order valence-electron chi connectivity index (χ3n) is 3.79. The van der Waals surface area contributed by atoms with Crippen LogP contribution in [0.15, 0.2) is 29.7 Å². The van der Waals surface area contributed by atoms with E-state index in [0.717, 1.165) is 5.69 Å². The van der Waals surface area contributed by atoms with E-state index in [2.05, 4.69) is 10.2 Å². The van der Waals surface area contributed by atoms with Crippen molar-refractivity contribution in [3.63, 3.8) is 0 Å². The Kier molecular flexibility index (Phi) is 4.43. The number of hydrogen-bond acceptors (Lipinski definition) is 5. The van der Waals surface area contributed by atoms with Crippen LogP contribution in [0.25, 0.3) is 0 Å². The van der Waals surface area contributed by atoms with Gasteiger partial charge in [-0.05, 0) is 26.0 Å². The SMILES string of the molecule is CCOC(=O)C1=C(N)Oc2n[nH]c(C)c2[C@@H]1c1c(Cl)cccc1Cl. The summed E-state index contributed by atoms with van der Waals surface area (Å²) in [6, 6.07) is 5.13. The lowest BCUT2D eigenvalue weighted by atomic mass is 9.83. The third-order valence-corrected chi connectivity index (χ3v) is 4.45. The van der Waals surface area contributed by atoms with Gasteiger partial charge in [-0.25, -0.2) is 4.79 Å². The largest absolute Gasteiger partial charge is 0.462 e. The summed E-state index contributed by atoms with van der Waals surface area (Å²) in [5.74, 6) is -0.998. The van der Waals surface area contributed by atoms with E-state index in [4.69, 9.17) is 38.4 Å². The number of carbonyl (C=O) groups is 1.